The number of rotatable bonds is 9. The molecule has 0 radical (unpaired) electrons. The first-order chi connectivity index (χ1) is 13.5. The molecule has 2 aromatic carbocycles. The van der Waals surface area contributed by atoms with Crippen molar-refractivity contribution in [3.63, 3.8) is 0 Å². The standard InChI is InChI=1S/C21H22N2O5/c24-19(25)13-28-18-9-1-14(2-10-18)11-12-22-20(26)15-5-7-17(8-6-15)23-21(27)16-3-4-16/h1-2,5-10,16H,3-4,11-13H2,(H,22,26)(H,23,27)(H,24,25). The van der Waals surface area contributed by atoms with Crippen molar-refractivity contribution in [1.29, 1.82) is 0 Å². The molecule has 1 aliphatic rings. The Labute approximate surface area is 162 Å². The lowest BCUT2D eigenvalue weighted by atomic mass is 10.1. The second kappa shape index (κ2) is 9.03. The van der Waals surface area contributed by atoms with Gasteiger partial charge in [0.2, 0.25) is 5.91 Å². The highest BCUT2D eigenvalue weighted by Gasteiger charge is 2.29. The van der Waals surface area contributed by atoms with Crippen LogP contribution in [0.3, 0.4) is 0 Å². The molecule has 3 rings (SSSR count). The summed E-state index contributed by atoms with van der Waals surface area (Å²) in [5.41, 5.74) is 2.22. The number of hydrogen-bond acceptors (Lipinski definition) is 4. The SMILES string of the molecule is O=C(O)COc1ccc(CCNC(=O)c2ccc(NC(=O)C3CC3)cc2)cc1. The van der Waals surface area contributed by atoms with Crippen LogP contribution in [0.25, 0.3) is 0 Å². The molecular formula is C21H22N2O5. The summed E-state index contributed by atoms with van der Waals surface area (Å²) in [6, 6.07) is 13.9. The van der Waals surface area contributed by atoms with E-state index in [0.717, 1.165) is 18.4 Å². The van der Waals surface area contributed by atoms with Crippen LogP contribution in [0.15, 0.2) is 48.5 Å². The second-order valence-electron chi connectivity index (χ2n) is 6.67. The van der Waals surface area contributed by atoms with Gasteiger partial charge in [0.05, 0.1) is 0 Å². The van der Waals surface area contributed by atoms with Gasteiger partial charge in [-0.25, -0.2) is 4.79 Å². The van der Waals surface area contributed by atoms with E-state index in [1.807, 2.05) is 12.1 Å². The maximum atomic E-state index is 12.2. The molecule has 0 atom stereocenters. The van der Waals surface area contributed by atoms with Crippen LogP contribution in [0.5, 0.6) is 5.75 Å². The van der Waals surface area contributed by atoms with Crippen LogP contribution >= 0.6 is 0 Å². The van der Waals surface area contributed by atoms with Gasteiger partial charge in [-0.15, -0.1) is 0 Å². The molecule has 1 aliphatic carbocycles. The lowest BCUT2D eigenvalue weighted by Gasteiger charge is -2.08. The highest BCUT2D eigenvalue weighted by molar-refractivity contribution is 5.96. The number of ether oxygens (including phenoxy) is 1. The lowest BCUT2D eigenvalue weighted by Crippen LogP contribution is -2.25. The highest BCUT2D eigenvalue weighted by atomic mass is 16.5. The quantitative estimate of drug-likeness (QED) is 0.618. The minimum absolute atomic E-state index is 0.0385. The molecule has 0 aliphatic heterocycles. The summed E-state index contributed by atoms with van der Waals surface area (Å²) in [5.74, 6) is -0.534. The van der Waals surface area contributed by atoms with Crippen LogP contribution in [0.1, 0.15) is 28.8 Å². The number of aliphatic carboxylic acids is 1. The molecule has 7 nitrogen and oxygen atoms in total. The largest absolute Gasteiger partial charge is 0.482 e. The molecule has 146 valence electrons. The zero-order chi connectivity index (χ0) is 19.9. The third-order valence-corrected chi connectivity index (χ3v) is 4.35. The number of hydrogen-bond donors (Lipinski definition) is 3. The van der Waals surface area contributed by atoms with Gasteiger partial charge in [-0.05, 0) is 61.2 Å². The van der Waals surface area contributed by atoms with Crippen molar-refractivity contribution in [3.8, 4) is 5.75 Å². The highest BCUT2D eigenvalue weighted by Crippen LogP contribution is 2.30. The molecule has 0 saturated heterocycles. The average Bonchev–Trinajstić information content (AvgIpc) is 3.53. The van der Waals surface area contributed by atoms with Crippen molar-refractivity contribution in [3.05, 3.63) is 59.7 Å². The molecule has 2 aromatic rings. The van der Waals surface area contributed by atoms with Crippen LogP contribution in [-0.2, 0) is 16.0 Å². The Hall–Kier alpha value is -3.35. The van der Waals surface area contributed by atoms with E-state index >= 15 is 0 Å². The molecule has 3 N–H and O–H groups in total. The fourth-order valence-corrected chi connectivity index (χ4v) is 2.61. The van der Waals surface area contributed by atoms with Gasteiger partial charge in [0.1, 0.15) is 5.75 Å². The van der Waals surface area contributed by atoms with E-state index < -0.39 is 5.97 Å². The molecule has 0 bridgehead atoms. The topological polar surface area (TPSA) is 105 Å². The Balaban J connectivity index is 1.42. The first kappa shape index (κ1) is 19.4. The maximum Gasteiger partial charge on any atom is 0.341 e. The first-order valence-corrected chi connectivity index (χ1v) is 9.14. The van der Waals surface area contributed by atoms with Gasteiger partial charge >= 0.3 is 5.97 Å². The smallest absolute Gasteiger partial charge is 0.341 e. The van der Waals surface area contributed by atoms with Crippen LogP contribution < -0.4 is 15.4 Å². The monoisotopic (exact) mass is 382 g/mol. The van der Waals surface area contributed by atoms with Crippen molar-refractivity contribution in [2.75, 3.05) is 18.5 Å². The summed E-state index contributed by atoms with van der Waals surface area (Å²) in [6.07, 6.45) is 2.54. The Bertz CT molecular complexity index is 842. The number of carbonyl (C=O) groups is 3. The summed E-state index contributed by atoms with van der Waals surface area (Å²) < 4.78 is 5.08. The maximum absolute atomic E-state index is 12.2. The predicted octanol–water partition coefficient (Wildman–Crippen LogP) is 2.47. The minimum Gasteiger partial charge on any atom is -0.482 e. The van der Waals surface area contributed by atoms with Gasteiger partial charge in [-0.3, -0.25) is 9.59 Å². The zero-order valence-corrected chi connectivity index (χ0v) is 15.3. The average molecular weight is 382 g/mol. The number of carbonyl (C=O) groups excluding carboxylic acids is 2. The van der Waals surface area contributed by atoms with Crippen LogP contribution in [-0.4, -0.2) is 36.0 Å². The number of carboxylic acid groups (broad SMARTS) is 1. The van der Waals surface area contributed by atoms with E-state index in [1.54, 1.807) is 36.4 Å². The third-order valence-electron chi connectivity index (χ3n) is 4.35. The number of nitrogens with one attached hydrogen (secondary N) is 2. The molecule has 2 amide bonds. The van der Waals surface area contributed by atoms with Gasteiger partial charge in [-0.2, -0.15) is 0 Å². The number of benzene rings is 2. The van der Waals surface area contributed by atoms with E-state index in [-0.39, 0.29) is 24.3 Å². The fourth-order valence-electron chi connectivity index (χ4n) is 2.61. The first-order valence-electron chi connectivity index (χ1n) is 9.14. The van der Waals surface area contributed by atoms with E-state index in [2.05, 4.69) is 10.6 Å². The van der Waals surface area contributed by atoms with Crippen molar-refractivity contribution in [2.45, 2.75) is 19.3 Å². The molecule has 1 fully saturated rings. The molecule has 0 spiro atoms. The Morgan fingerprint density at radius 2 is 1.68 bits per heavy atom. The molecular weight excluding hydrogens is 360 g/mol. The third kappa shape index (κ3) is 5.84. The molecule has 0 aromatic heterocycles. The van der Waals surface area contributed by atoms with Gasteiger partial charge in [0, 0.05) is 23.7 Å². The number of carboxylic acids is 1. The summed E-state index contributed by atoms with van der Waals surface area (Å²) in [6.45, 7) is 0.0901. The summed E-state index contributed by atoms with van der Waals surface area (Å²) in [4.78, 5) is 34.4. The van der Waals surface area contributed by atoms with Gasteiger partial charge in [-0.1, -0.05) is 12.1 Å². The van der Waals surface area contributed by atoms with E-state index in [4.69, 9.17) is 9.84 Å². The van der Waals surface area contributed by atoms with Gasteiger partial charge in [0.15, 0.2) is 6.61 Å². The fraction of sp³-hybridized carbons (Fsp3) is 0.286. The zero-order valence-electron chi connectivity index (χ0n) is 15.3. The van der Waals surface area contributed by atoms with Crippen molar-refractivity contribution in [2.24, 2.45) is 5.92 Å². The van der Waals surface area contributed by atoms with Crippen LogP contribution in [0, 0.1) is 5.92 Å². The Kier molecular flexibility index (Phi) is 6.26. The molecule has 0 unspecified atom stereocenters. The Morgan fingerprint density at radius 3 is 2.29 bits per heavy atom. The van der Waals surface area contributed by atoms with Gasteiger partial charge in [0.25, 0.3) is 5.91 Å². The van der Waals surface area contributed by atoms with Gasteiger partial charge < -0.3 is 20.5 Å². The number of amides is 2. The van der Waals surface area contributed by atoms with E-state index in [1.165, 1.54) is 0 Å². The van der Waals surface area contributed by atoms with Crippen molar-refractivity contribution < 1.29 is 24.2 Å². The van der Waals surface area contributed by atoms with E-state index in [0.29, 0.717) is 30.0 Å². The predicted molar refractivity (Wildman–Crippen MR) is 103 cm³/mol. The molecule has 7 heteroatoms. The summed E-state index contributed by atoms with van der Waals surface area (Å²) in [5, 5.41) is 14.3. The van der Waals surface area contributed by atoms with Crippen LogP contribution in [0.2, 0.25) is 0 Å². The van der Waals surface area contributed by atoms with Crippen molar-refractivity contribution >= 4 is 23.5 Å². The summed E-state index contributed by atoms with van der Waals surface area (Å²) >= 11 is 0. The normalized spacial score (nSPS) is 12.9. The summed E-state index contributed by atoms with van der Waals surface area (Å²) in [7, 11) is 0. The molecule has 1 saturated carbocycles. The second-order valence-corrected chi connectivity index (χ2v) is 6.67. The molecule has 0 heterocycles. The van der Waals surface area contributed by atoms with Crippen molar-refractivity contribution in [1.82, 2.24) is 5.32 Å². The number of anilines is 1. The lowest BCUT2D eigenvalue weighted by molar-refractivity contribution is -0.139. The van der Waals surface area contributed by atoms with Crippen LogP contribution in [0.4, 0.5) is 5.69 Å². The minimum atomic E-state index is -1.02. The Morgan fingerprint density at radius 1 is 1.00 bits per heavy atom. The molecule has 28 heavy (non-hydrogen) atoms. The van der Waals surface area contributed by atoms with E-state index in [9.17, 15) is 14.4 Å².